The first-order valence-corrected chi connectivity index (χ1v) is 7.21. The molecule has 0 radical (unpaired) electrons. The molecule has 20 heavy (non-hydrogen) atoms. The number of carbonyl (C=O) groups excluding carboxylic acids is 1. The molecule has 0 saturated heterocycles. The lowest BCUT2D eigenvalue weighted by Gasteiger charge is -2.06. The lowest BCUT2D eigenvalue weighted by molar-refractivity contribution is -0.120. The Bertz CT molecular complexity index is 587. The van der Waals surface area contributed by atoms with E-state index < -0.39 is 0 Å². The normalized spacial score (nSPS) is 13.2. The molecule has 1 amide bonds. The molecule has 3 nitrogen and oxygen atoms in total. The van der Waals surface area contributed by atoms with E-state index in [9.17, 15) is 4.79 Å². The molecule has 0 atom stereocenters. The second-order valence-corrected chi connectivity index (χ2v) is 5.31. The van der Waals surface area contributed by atoms with Crippen LogP contribution in [0.1, 0.15) is 28.9 Å². The molecule has 2 aromatic rings. The fourth-order valence-corrected chi connectivity index (χ4v) is 2.76. The third kappa shape index (κ3) is 3.10. The highest BCUT2D eigenvalue weighted by Gasteiger charge is 2.12. The van der Waals surface area contributed by atoms with Crippen LogP contribution in [0.4, 0.5) is 0 Å². The summed E-state index contributed by atoms with van der Waals surface area (Å²) in [6, 6.07) is 10.2. The van der Waals surface area contributed by atoms with E-state index in [0.717, 1.165) is 24.2 Å². The molecule has 0 aliphatic heterocycles. The molecule has 1 aromatic heterocycles. The molecular formula is C17H19NO2. The lowest BCUT2D eigenvalue weighted by atomic mass is 10.0. The number of aryl methyl sites for hydroxylation is 2. The Kier molecular flexibility index (Phi) is 3.86. The molecule has 1 N–H and O–H groups in total. The van der Waals surface area contributed by atoms with Crippen molar-refractivity contribution in [2.75, 3.05) is 6.54 Å². The number of rotatable bonds is 5. The Morgan fingerprint density at radius 1 is 1.20 bits per heavy atom. The standard InChI is InChI=1S/C17H19NO2/c19-17(18-9-8-16-5-2-10-20-16)12-13-6-7-14-3-1-4-15(14)11-13/h2,5-7,10-11H,1,3-4,8-9,12H2,(H,18,19). The minimum absolute atomic E-state index is 0.0782. The third-order valence-electron chi connectivity index (χ3n) is 3.80. The van der Waals surface area contributed by atoms with Gasteiger partial charge >= 0.3 is 0 Å². The van der Waals surface area contributed by atoms with E-state index in [1.165, 1.54) is 24.0 Å². The minimum atomic E-state index is 0.0782. The van der Waals surface area contributed by atoms with E-state index in [1.54, 1.807) is 6.26 Å². The van der Waals surface area contributed by atoms with Gasteiger partial charge in [0.2, 0.25) is 5.91 Å². The van der Waals surface area contributed by atoms with Gasteiger partial charge in [-0.15, -0.1) is 0 Å². The van der Waals surface area contributed by atoms with Gasteiger partial charge in [-0.3, -0.25) is 4.79 Å². The number of hydrogen-bond acceptors (Lipinski definition) is 2. The van der Waals surface area contributed by atoms with Gasteiger partial charge in [-0.1, -0.05) is 18.2 Å². The highest BCUT2D eigenvalue weighted by Crippen LogP contribution is 2.22. The summed E-state index contributed by atoms with van der Waals surface area (Å²) in [5.41, 5.74) is 3.99. The van der Waals surface area contributed by atoms with Crippen molar-refractivity contribution in [1.82, 2.24) is 5.32 Å². The maximum atomic E-state index is 11.9. The molecule has 3 heteroatoms. The number of nitrogens with one attached hydrogen (secondary N) is 1. The molecular weight excluding hydrogens is 250 g/mol. The van der Waals surface area contributed by atoms with Crippen molar-refractivity contribution in [2.45, 2.75) is 32.1 Å². The monoisotopic (exact) mass is 269 g/mol. The summed E-state index contributed by atoms with van der Waals surface area (Å²) in [5.74, 6) is 0.984. The summed E-state index contributed by atoms with van der Waals surface area (Å²) >= 11 is 0. The highest BCUT2D eigenvalue weighted by molar-refractivity contribution is 5.78. The number of amides is 1. The zero-order valence-corrected chi connectivity index (χ0v) is 11.5. The van der Waals surface area contributed by atoms with Crippen LogP contribution in [-0.2, 0) is 30.5 Å². The van der Waals surface area contributed by atoms with Gasteiger partial charge in [0.05, 0.1) is 12.7 Å². The van der Waals surface area contributed by atoms with Gasteiger partial charge in [0.15, 0.2) is 0 Å². The van der Waals surface area contributed by atoms with Crippen LogP contribution in [0.15, 0.2) is 41.0 Å². The zero-order chi connectivity index (χ0) is 13.8. The molecule has 1 aliphatic rings. The van der Waals surface area contributed by atoms with Crippen molar-refractivity contribution < 1.29 is 9.21 Å². The summed E-state index contributed by atoms with van der Waals surface area (Å²) in [5, 5.41) is 2.94. The van der Waals surface area contributed by atoms with Crippen molar-refractivity contribution in [3.63, 3.8) is 0 Å². The van der Waals surface area contributed by atoms with Crippen molar-refractivity contribution >= 4 is 5.91 Å². The number of benzene rings is 1. The Morgan fingerprint density at radius 2 is 2.10 bits per heavy atom. The van der Waals surface area contributed by atoms with Gasteiger partial charge in [0.1, 0.15) is 5.76 Å². The van der Waals surface area contributed by atoms with Crippen LogP contribution in [0.5, 0.6) is 0 Å². The van der Waals surface area contributed by atoms with Gasteiger partial charge in [-0.05, 0) is 48.1 Å². The highest BCUT2D eigenvalue weighted by atomic mass is 16.3. The number of fused-ring (bicyclic) bond motifs is 1. The molecule has 104 valence electrons. The quantitative estimate of drug-likeness (QED) is 0.906. The smallest absolute Gasteiger partial charge is 0.224 e. The molecule has 1 aliphatic carbocycles. The Labute approximate surface area is 119 Å². The first kappa shape index (κ1) is 13.0. The topological polar surface area (TPSA) is 42.2 Å². The fraction of sp³-hybridized carbons (Fsp3) is 0.353. The van der Waals surface area contributed by atoms with Gasteiger partial charge < -0.3 is 9.73 Å². The molecule has 1 heterocycles. The van der Waals surface area contributed by atoms with Gasteiger partial charge in [0, 0.05) is 13.0 Å². The molecule has 0 saturated carbocycles. The van der Waals surface area contributed by atoms with Crippen LogP contribution in [0.2, 0.25) is 0 Å². The van der Waals surface area contributed by atoms with E-state index in [1.807, 2.05) is 12.1 Å². The third-order valence-corrected chi connectivity index (χ3v) is 3.80. The van der Waals surface area contributed by atoms with Crippen molar-refractivity contribution in [1.29, 1.82) is 0 Å². The molecule has 0 unspecified atom stereocenters. The van der Waals surface area contributed by atoms with Crippen LogP contribution in [-0.4, -0.2) is 12.5 Å². The second-order valence-electron chi connectivity index (χ2n) is 5.31. The first-order valence-electron chi connectivity index (χ1n) is 7.21. The molecule has 0 spiro atoms. The van der Waals surface area contributed by atoms with Crippen LogP contribution in [0, 0.1) is 0 Å². The van der Waals surface area contributed by atoms with E-state index in [2.05, 4.69) is 23.5 Å². The average molecular weight is 269 g/mol. The van der Waals surface area contributed by atoms with Crippen LogP contribution in [0.25, 0.3) is 0 Å². The van der Waals surface area contributed by atoms with Crippen molar-refractivity contribution in [3.8, 4) is 0 Å². The molecule has 0 bridgehead atoms. The minimum Gasteiger partial charge on any atom is -0.469 e. The molecule has 0 fully saturated rings. The molecule has 3 rings (SSSR count). The van der Waals surface area contributed by atoms with E-state index in [4.69, 9.17) is 4.42 Å². The number of hydrogen-bond donors (Lipinski definition) is 1. The van der Waals surface area contributed by atoms with Crippen LogP contribution < -0.4 is 5.32 Å². The average Bonchev–Trinajstić information content (AvgIpc) is 3.08. The predicted octanol–water partition coefficient (Wildman–Crippen LogP) is 2.67. The Hall–Kier alpha value is -2.03. The summed E-state index contributed by atoms with van der Waals surface area (Å²) < 4.78 is 5.23. The Morgan fingerprint density at radius 3 is 2.95 bits per heavy atom. The van der Waals surface area contributed by atoms with Crippen LogP contribution in [0.3, 0.4) is 0 Å². The molecule has 1 aromatic carbocycles. The second kappa shape index (κ2) is 5.95. The zero-order valence-electron chi connectivity index (χ0n) is 11.5. The van der Waals surface area contributed by atoms with E-state index in [-0.39, 0.29) is 5.91 Å². The number of furan rings is 1. The summed E-state index contributed by atoms with van der Waals surface area (Å²) in [4.78, 5) is 11.9. The number of carbonyl (C=O) groups is 1. The SMILES string of the molecule is O=C(Cc1ccc2c(c1)CCC2)NCCc1ccco1. The van der Waals surface area contributed by atoms with Crippen molar-refractivity contribution in [2.24, 2.45) is 0 Å². The summed E-state index contributed by atoms with van der Waals surface area (Å²) in [6.07, 6.45) is 6.44. The largest absolute Gasteiger partial charge is 0.469 e. The van der Waals surface area contributed by atoms with Gasteiger partial charge in [0.25, 0.3) is 0 Å². The maximum absolute atomic E-state index is 11.9. The summed E-state index contributed by atoms with van der Waals surface area (Å²) in [7, 11) is 0. The van der Waals surface area contributed by atoms with Crippen molar-refractivity contribution in [3.05, 3.63) is 59.0 Å². The summed E-state index contributed by atoms with van der Waals surface area (Å²) in [6.45, 7) is 0.622. The predicted molar refractivity (Wildman–Crippen MR) is 77.6 cm³/mol. The first-order chi connectivity index (χ1) is 9.81. The van der Waals surface area contributed by atoms with Crippen LogP contribution >= 0.6 is 0 Å². The fourth-order valence-electron chi connectivity index (χ4n) is 2.76. The lowest BCUT2D eigenvalue weighted by Crippen LogP contribution is -2.27. The van der Waals surface area contributed by atoms with E-state index >= 15 is 0 Å². The maximum Gasteiger partial charge on any atom is 0.224 e. The van der Waals surface area contributed by atoms with E-state index in [0.29, 0.717) is 13.0 Å². The Balaban J connectivity index is 1.49. The van der Waals surface area contributed by atoms with Gasteiger partial charge in [-0.25, -0.2) is 0 Å². The van der Waals surface area contributed by atoms with Gasteiger partial charge in [-0.2, -0.15) is 0 Å².